The fourth-order valence-corrected chi connectivity index (χ4v) is 2.38. The van der Waals surface area contributed by atoms with Crippen molar-refractivity contribution in [3.8, 4) is 0 Å². The summed E-state index contributed by atoms with van der Waals surface area (Å²) >= 11 is 10.2. The third kappa shape index (κ3) is 4.41. The summed E-state index contributed by atoms with van der Waals surface area (Å²) in [4.78, 5) is 0. The second kappa shape index (κ2) is 7.22. The standard InChI is InChI=1S/C13H18ClNO2.I2/c1-9-13(16,17-8-12(2,3)15-9)10-5-4-6-11(14)7-10;1-2/h4-7,9,15-16H,8H2,1-3H3;/t9-,13+;/m1./s1. The molecule has 1 aromatic carbocycles. The lowest BCUT2D eigenvalue weighted by Gasteiger charge is -2.46. The first kappa shape index (κ1) is 17.9. The highest BCUT2D eigenvalue weighted by atomic mass is 128. The summed E-state index contributed by atoms with van der Waals surface area (Å²) in [7, 11) is 0. The Morgan fingerprint density at radius 1 is 1.42 bits per heavy atom. The average Bonchev–Trinajstić information content (AvgIpc) is 2.36. The molecule has 1 fully saturated rings. The van der Waals surface area contributed by atoms with Crippen LogP contribution in [0.25, 0.3) is 0 Å². The van der Waals surface area contributed by atoms with Crippen LogP contribution in [0.1, 0.15) is 26.3 Å². The van der Waals surface area contributed by atoms with Gasteiger partial charge < -0.3 is 15.2 Å². The summed E-state index contributed by atoms with van der Waals surface area (Å²) in [5.74, 6) is -1.32. The number of morpholine rings is 1. The van der Waals surface area contributed by atoms with Gasteiger partial charge in [0.25, 0.3) is 0 Å². The molecule has 2 atom stereocenters. The second-order valence-corrected chi connectivity index (χ2v) is 5.68. The Bertz CT molecular complexity index is 431. The summed E-state index contributed by atoms with van der Waals surface area (Å²) in [6.07, 6.45) is 0. The van der Waals surface area contributed by atoms with Crippen LogP contribution < -0.4 is 5.32 Å². The highest BCUT2D eigenvalue weighted by Gasteiger charge is 2.44. The fourth-order valence-electron chi connectivity index (χ4n) is 2.19. The van der Waals surface area contributed by atoms with Crippen molar-refractivity contribution in [1.82, 2.24) is 5.32 Å². The minimum absolute atomic E-state index is 0.135. The third-order valence-electron chi connectivity index (χ3n) is 3.09. The molecule has 2 rings (SSSR count). The second-order valence-electron chi connectivity index (χ2n) is 5.25. The predicted molar refractivity (Wildman–Crippen MR) is 96.0 cm³/mol. The van der Waals surface area contributed by atoms with Gasteiger partial charge in [0.1, 0.15) is 0 Å². The molecule has 0 radical (unpaired) electrons. The molecule has 0 saturated carbocycles. The smallest absolute Gasteiger partial charge is 0.208 e. The van der Waals surface area contributed by atoms with E-state index in [4.69, 9.17) is 16.3 Å². The number of ether oxygens (including phenoxy) is 1. The van der Waals surface area contributed by atoms with Gasteiger partial charge in [0.05, 0.1) is 12.6 Å². The minimum Gasteiger partial charge on any atom is -0.361 e. The van der Waals surface area contributed by atoms with Crippen molar-refractivity contribution >= 4 is 48.8 Å². The largest absolute Gasteiger partial charge is 0.361 e. The van der Waals surface area contributed by atoms with Crippen LogP contribution >= 0.6 is 48.8 Å². The molecule has 1 heterocycles. The van der Waals surface area contributed by atoms with E-state index >= 15 is 0 Å². The Balaban J connectivity index is 0.000000861. The van der Waals surface area contributed by atoms with Gasteiger partial charge in [0.2, 0.25) is 5.79 Å². The van der Waals surface area contributed by atoms with E-state index in [1.807, 2.05) is 32.9 Å². The number of nitrogens with one attached hydrogen (secondary N) is 1. The number of hydrogen-bond donors (Lipinski definition) is 2. The van der Waals surface area contributed by atoms with Crippen LogP contribution in [0, 0.1) is 0 Å². The van der Waals surface area contributed by atoms with Gasteiger partial charge in [-0.3, -0.25) is 0 Å². The SMILES string of the molecule is C[C@H]1NC(C)(C)CO[C@]1(O)c1cccc(Cl)c1.II. The summed E-state index contributed by atoms with van der Waals surface area (Å²) < 4.78 is 5.67. The van der Waals surface area contributed by atoms with Gasteiger partial charge in [-0.15, -0.1) is 0 Å². The van der Waals surface area contributed by atoms with E-state index in [0.717, 1.165) is 0 Å². The number of hydrogen-bond acceptors (Lipinski definition) is 3. The Kier molecular flexibility index (Phi) is 6.80. The van der Waals surface area contributed by atoms with Crippen LogP contribution in [-0.4, -0.2) is 23.3 Å². The molecule has 3 nitrogen and oxygen atoms in total. The first-order valence-electron chi connectivity index (χ1n) is 5.88. The zero-order chi connectivity index (χ0) is 14.7. The maximum Gasteiger partial charge on any atom is 0.208 e. The Hall–Kier alpha value is 0.850. The van der Waals surface area contributed by atoms with E-state index < -0.39 is 5.79 Å². The van der Waals surface area contributed by atoms with Gasteiger partial charge in [0, 0.05) is 53.4 Å². The van der Waals surface area contributed by atoms with E-state index in [2.05, 4.69) is 42.5 Å². The van der Waals surface area contributed by atoms with Crippen LogP contribution in [0.5, 0.6) is 0 Å². The van der Waals surface area contributed by atoms with Crippen molar-refractivity contribution in [3.63, 3.8) is 0 Å². The van der Waals surface area contributed by atoms with Crippen molar-refractivity contribution in [2.24, 2.45) is 0 Å². The zero-order valence-electron chi connectivity index (χ0n) is 11.1. The van der Waals surface area contributed by atoms with Gasteiger partial charge in [0.15, 0.2) is 0 Å². The van der Waals surface area contributed by atoms with E-state index in [1.165, 1.54) is 0 Å². The quantitative estimate of drug-likeness (QED) is 0.562. The van der Waals surface area contributed by atoms with Crippen LogP contribution in [-0.2, 0) is 10.5 Å². The predicted octanol–water partition coefficient (Wildman–Crippen LogP) is 4.04. The van der Waals surface area contributed by atoms with Crippen molar-refractivity contribution in [2.45, 2.75) is 38.1 Å². The summed E-state index contributed by atoms with van der Waals surface area (Å²) in [6, 6.07) is 6.94. The zero-order valence-corrected chi connectivity index (χ0v) is 16.2. The molecule has 0 aliphatic carbocycles. The van der Waals surface area contributed by atoms with Gasteiger partial charge in [-0.2, -0.15) is 0 Å². The number of halogens is 3. The van der Waals surface area contributed by atoms with Gasteiger partial charge in [-0.1, -0.05) is 23.7 Å². The molecule has 1 aliphatic heterocycles. The molecule has 2 N–H and O–H groups in total. The summed E-state index contributed by atoms with van der Waals surface area (Å²) in [5.41, 5.74) is 0.546. The van der Waals surface area contributed by atoms with Crippen molar-refractivity contribution in [1.29, 1.82) is 0 Å². The molecule has 0 amide bonds. The van der Waals surface area contributed by atoms with Gasteiger partial charge in [-0.05, 0) is 32.9 Å². The lowest BCUT2D eigenvalue weighted by molar-refractivity contribution is -0.263. The first-order chi connectivity index (χ1) is 8.83. The summed E-state index contributed by atoms with van der Waals surface area (Å²) in [5, 5.41) is 14.6. The maximum absolute atomic E-state index is 10.6. The molecule has 19 heavy (non-hydrogen) atoms. The van der Waals surface area contributed by atoms with Crippen LogP contribution in [0.15, 0.2) is 24.3 Å². The van der Waals surface area contributed by atoms with E-state index in [9.17, 15) is 5.11 Å². The molecule has 1 aliphatic rings. The van der Waals surface area contributed by atoms with Crippen LogP contribution in [0.2, 0.25) is 5.02 Å². The number of rotatable bonds is 1. The lowest BCUT2D eigenvalue weighted by Crippen LogP contribution is -2.63. The maximum atomic E-state index is 10.6. The fraction of sp³-hybridized carbons (Fsp3) is 0.538. The Labute approximate surface area is 142 Å². The third-order valence-corrected chi connectivity index (χ3v) is 3.32. The molecule has 1 aromatic rings. The highest BCUT2D eigenvalue weighted by molar-refractivity contribution is 15.0. The molecule has 0 spiro atoms. The monoisotopic (exact) mass is 509 g/mol. The molecule has 0 unspecified atom stereocenters. The van der Waals surface area contributed by atoms with Crippen molar-refractivity contribution in [3.05, 3.63) is 34.9 Å². The average molecular weight is 510 g/mol. The van der Waals surface area contributed by atoms with E-state index in [0.29, 0.717) is 17.2 Å². The molecular weight excluding hydrogens is 491 g/mol. The molecule has 0 aromatic heterocycles. The number of aliphatic hydroxyl groups is 1. The lowest BCUT2D eigenvalue weighted by atomic mass is 9.93. The number of benzene rings is 1. The van der Waals surface area contributed by atoms with Crippen LogP contribution in [0.3, 0.4) is 0 Å². The van der Waals surface area contributed by atoms with E-state index in [1.54, 1.807) is 12.1 Å². The Morgan fingerprint density at radius 2 is 2.05 bits per heavy atom. The highest BCUT2D eigenvalue weighted by Crippen LogP contribution is 2.33. The van der Waals surface area contributed by atoms with Crippen LogP contribution in [0.4, 0.5) is 0 Å². The molecule has 108 valence electrons. The molecule has 6 heteroatoms. The molecule has 1 saturated heterocycles. The molecule has 0 bridgehead atoms. The topological polar surface area (TPSA) is 41.5 Å². The first-order valence-corrected chi connectivity index (χ1v) is 12.5. The summed E-state index contributed by atoms with van der Waals surface area (Å²) in [6.45, 7) is 6.43. The minimum atomic E-state index is -1.32. The van der Waals surface area contributed by atoms with Crippen molar-refractivity contribution in [2.75, 3.05) is 6.61 Å². The van der Waals surface area contributed by atoms with Crippen molar-refractivity contribution < 1.29 is 9.84 Å². The van der Waals surface area contributed by atoms with E-state index in [-0.39, 0.29) is 11.6 Å². The molecular formula is C13H18ClI2NO2. The van der Waals surface area contributed by atoms with Gasteiger partial charge >= 0.3 is 0 Å². The normalized spacial score (nSPS) is 29.3. The van der Waals surface area contributed by atoms with Gasteiger partial charge in [-0.25, -0.2) is 0 Å². The Morgan fingerprint density at radius 3 is 2.58 bits per heavy atom.